The van der Waals surface area contributed by atoms with Crippen LogP contribution in [0.4, 0.5) is 0 Å². The van der Waals surface area contributed by atoms with E-state index in [2.05, 4.69) is 36.3 Å². The summed E-state index contributed by atoms with van der Waals surface area (Å²) in [5.74, 6) is 0.146. The summed E-state index contributed by atoms with van der Waals surface area (Å²) < 4.78 is 0. The van der Waals surface area contributed by atoms with Crippen LogP contribution in [0, 0.1) is 11.3 Å². The van der Waals surface area contributed by atoms with Crippen LogP contribution in [0.15, 0.2) is 35.3 Å². The van der Waals surface area contributed by atoms with Crippen molar-refractivity contribution in [2.24, 2.45) is 10.9 Å². The highest BCUT2D eigenvalue weighted by Gasteiger charge is 2.32. The smallest absolute Gasteiger partial charge is 0.0485 e. The fourth-order valence-electron chi connectivity index (χ4n) is 1.96. The minimum absolute atomic E-state index is 0.146. The van der Waals surface area contributed by atoms with E-state index in [1.165, 1.54) is 5.56 Å². The quantitative estimate of drug-likeness (QED) is 0.584. The Morgan fingerprint density at radius 3 is 2.67 bits per heavy atom. The van der Waals surface area contributed by atoms with E-state index in [0.29, 0.717) is 18.5 Å². The second kappa shape index (κ2) is 5.91. The molecule has 2 rings (SSSR count). The van der Waals surface area contributed by atoms with Gasteiger partial charge in [0.25, 0.3) is 0 Å². The Labute approximate surface area is 109 Å². The van der Waals surface area contributed by atoms with Crippen molar-refractivity contribution < 1.29 is 0 Å². The average molecular weight is 243 g/mol. The van der Waals surface area contributed by atoms with Crippen LogP contribution < -0.4 is 5.32 Å². The van der Waals surface area contributed by atoms with E-state index in [1.807, 2.05) is 24.4 Å². The molecular formula is C15H21N3. The highest BCUT2D eigenvalue weighted by molar-refractivity contribution is 5.99. The zero-order valence-corrected chi connectivity index (χ0v) is 11.1. The van der Waals surface area contributed by atoms with Gasteiger partial charge in [-0.05, 0) is 19.4 Å². The largest absolute Gasteiger partial charge is 0.310 e. The summed E-state index contributed by atoms with van der Waals surface area (Å²) in [5.41, 5.74) is 1.95. The first-order valence-electron chi connectivity index (χ1n) is 6.54. The van der Waals surface area contributed by atoms with Gasteiger partial charge in [0.2, 0.25) is 0 Å². The number of hydrogen-bond donors (Lipinski definition) is 2. The van der Waals surface area contributed by atoms with Crippen LogP contribution in [-0.4, -0.2) is 30.6 Å². The molecule has 0 saturated carbocycles. The molecular weight excluding hydrogens is 222 g/mol. The summed E-state index contributed by atoms with van der Waals surface area (Å²) in [5, 5.41) is 11.6. The second-order valence-electron chi connectivity index (χ2n) is 5.12. The van der Waals surface area contributed by atoms with Crippen LogP contribution in [0.25, 0.3) is 0 Å². The van der Waals surface area contributed by atoms with Gasteiger partial charge >= 0.3 is 0 Å². The molecule has 0 amide bonds. The van der Waals surface area contributed by atoms with E-state index in [9.17, 15) is 0 Å². The van der Waals surface area contributed by atoms with Crippen LogP contribution >= 0.6 is 0 Å². The van der Waals surface area contributed by atoms with E-state index in [4.69, 9.17) is 5.41 Å². The van der Waals surface area contributed by atoms with Gasteiger partial charge in [-0.3, -0.25) is 4.99 Å². The molecule has 2 unspecified atom stereocenters. The van der Waals surface area contributed by atoms with Crippen LogP contribution in [0.1, 0.15) is 19.4 Å². The van der Waals surface area contributed by atoms with Gasteiger partial charge in [0.05, 0.1) is 0 Å². The molecule has 2 atom stereocenters. The van der Waals surface area contributed by atoms with Crippen molar-refractivity contribution in [1.82, 2.24) is 5.32 Å². The summed E-state index contributed by atoms with van der Waals surface area (Å²) in [4.78, 5) is 4.44. The van der Waals surface area contributed by atoms with E-state index >= 15 is 0 Å². The molecule has 1 aliphatic rings. The lowest BCUT2D eigenvalue weighted by Gasteiger charge is -2.12. The predicted octanol–water partition coefficient (Wildman–Crippen LogP) is 2.32. The molecule has 1 saturated heterocycles. The fraction of sp³-hybridized carbons (Fsp3) is 0.467. The minimum atomic E-state index is 0.146. The van der Waals surface area contributed by atoms with Crippen molar-refractivity contribution in [2.75, 3.05) is 6.54 Å². The molecule has 2 N–H and O–H groups in total. The molecule has 18 heavy (non-hydrogen) atoms. The zero-order chi connectivity index (χ0) is 13.0. The third kappa shape index (κ3) is 3.77. The molecule has 1 aromatic carbocycles. The molecule has 0 bridgehead atoms. The van der Waals surface area contributed by atoms with Gasteiger partial charge < -0.3 is 10.7 Å². The Balaban J connectivity index is 2.00. The lowest BCUT2D eigenvalue weighted by molar-refractivity contribution is 0.805. The molecule has 3 nitrogen and oxygen atoms in total. The number of benzene rings is 1. The van der Waals surface area contributed by atoms with Gasteiger partial charge in [0.1, 0.15) is 0 Å². The Hall–Kier alpha value is -1.48. The monoisotopic (exact) mass is 243 g/mol. The number of rotatable bonds is 6. The van der Waals surface area contributed by atoms with E-state index < -0.39 is 0 Å². The van der Waals surface area contributed by atoms with E-state index in [1.54, 1.807) is 0 Å². The van der Waals surface area contributed by atoms with Crippen molar-refractivity contribution in [3.63, 3.8) is 0 Å². The number of hydrogen-bond acceptors (Lipinski definition) is 3. The Morgan fingerprint density at radius 1 is 1.44 bits per heavy atom. The average Bonchev–Trinajstić information content (AvgIpc) is 3.14. The number of nitrogens with zero attached hydrogens (tertiary/aromatic N) is 1. The molecule has 0 spiro atoms. The van der Waals surface area contributed by atoms with Crippen molar-refractivity contribution in [3.8, 4) is 0 Å². The van der Waals surface area contributed by atoms with E-state index in [0.717, 1.165) is 12.3 Å². The molecule has 1 aliphatic heterocycles. The highest BCUT2D eigenvalue weighted by Crippen LogP contribution is 2.15. The molecule has 96 valence electrons. The maximum absolute atomic E-state index is 8.27. The summed E-state index contributed by atoms with van der Waals surface area (Å²) in [6.45, 7) is 5.13. The molecule has 1 fully saturated rings. The van der Waals surface area contributed by atoms with Crippen molar-refractivity contribution >= 4 is 11.9 Å². The number of aliphatic imine (C=N–C) groups is 1. The van der Waals surface area contributed by atoms with Gasteiger partial charge in [-0.25, -0.2) is 0 Å². The standard InChI is InChI=1S/C15H21N3/c1-11(2)17-9-13(15-10-18-15)14(16)8-12-6-4-3-5-7-12/h3-7,9,11,13,15-16,18H,8,10H2,1-2H3. The molecule has 3 heteroatoms. The lowest BCUT2D eigenvalue weighted by atomic mass is 9.95. The highest BCUT2D eigenvalue weighted by atomic mass is 15.1. The normalized spacial score (nSPS) is 20.3. The summed E-state index contributed by atoms with van der Waals surface area (Å²) >= 11 is 0. The van der Waals surface area contributed by atoms with Gasteiger partial charge in [-0.15, -0.1) is 0 Å². The first kappa shape index (κ1) is 13.0. The van der Waals surface area contributed by atoms with Crippen LogP contribution in [0.2, 0.25) is 0 Å². The third-order valence-electron chi connectivity index (χ3n) is 3.06. The molecule has 0 aromatic heterocycles. The fourth-order valence-corrected chi connectivity index (χ4v) is 1.96. The number of nitrogens with one attached hydrogen (secondary N) is 2. The predicted molar refractivity (Wildman–Crippen MR) is 76.8 cm³/mol. The molecule has 1 heterocycles. The van der Waals surface area contributed by atoms with Crippen LogP contribution in [0.5, 0.6) is 0 Å². The van der Waals surface area contributed by atoms with Gasteiger partial charge in [0.15, 0.2) is 0 Å². The third-order valence-corrected chi connectivity index (χ3v) is 3.06. The van der Waals surface area contributed by atoms with Gasteiger partial charge in [-0.2, -0.15) is 0 Å². The van der Waals surface area contributed by atoms with Crippen molar-refractivity contribution in [1.29, 1.82) is 5.41 Å². The molecule has 1 aromatic rings. The summed E-state index contributed by atoms with van der Waals surface area (Å²) in [6, 6.07) is 10.9. The van der Waals surface area contributed by atoms with Crippen molar-refractivity contribution in [2.45, 2.75) is 32.4 Å². The molecule has 0 aliphatic carbocycles. The Bertz CT molecular complexity index is 419. The first-order valence-corrected chi connectivity index (χ1v) is 6.54. The lowest BCUT2D eigenvalue weighted by Crippen LogP contribution is -2.25. The van der Waals surface area contributed by atoms with Crippen LogP contribution in [0.3, 0.4) is 0 Å². The summed E-state index contributed by atoms with van der Waals surface area (Å²) in [6.07, 6.45) is 2.68. The zero-order valence-electron chi connectivity index (χ0n) is 11.1. The maximum atomic E-state index is 8.27. The van der Waals surface area contributed by atoms with Crippen molar-refractivity contribution in [3.05, 3.63) is 35.9 Å². The van der Waals surface area contributed by atoms with Gasteiger partial charge in [0, 0.05) is 42.9 Å². The van der Waals surface area contributed by atoms with Crippen LogP contribution in [-0.2, 0) is 6.42 Å². The topological polar surface area (TPSA) is 58.2 Å². The van der Waals surface area contributed by atoms with Gasteiger partial charge in [-0.1, -0.05) is 30.3 Å². The van der Waals surface area contributed by atoms with E-state index in [-0.39, 0.29) is 5.92 Å². The summed E-state index contributed by atoms with van der Waals surface area (Å²) in [7, 11) is 0. The maximum Gasteiger partial charge on any atom is 0.0485 e. The Morgan fingerprint density at radius 2 is 2.11 bits per heavy atom. The Kier molecular flexibility index (Phi) is 4.26. The minimum Gasteiger partial charge on any atom is -0.310 e. The second-order valence-corrected chi connectivity index (χ2v) is 5.12. The molecule has 0 radical (unpaired) electrons. The first-order chi connectivity index (χ1) is 8.66. The SMILES string of the molecule is CC(C)N=CC(C(=N)Cc1ccccc1)C1CN1.